The van der Waals surface area contributed by atoms with E-state index in [9.17, 15) is 8.42 Å². The first kappa shape index (κ1) is 14.5. The van der Waals surface area contributed by atoms with Gasteiger partial charge in [0.25, 0.3) is 10.0 Å². The van der Waals surface area contributed by atoms with Crippen LogP contribution in [0.4, 0.5) is 0 Å². The summed E-state index contributed by atoms with van der Waals surface area (Å²) in [7, 11) is -3.68. The molecule has 0 saturated heterocycles. The number of nitrogens with zero attached hydrogens (tertiary/aromatic N) is 2. The lowest BCUT2D eigenvalue weighted by Gasteiger charge is -2.31. The van der Waals surface area contributed by atoms with Crippen molar-refractivity contribution in [1.29, 1.82) is 0 Å². The highest BCUT2D eigenvalue weighted by molar-refractivity contribution is 9.12. The fourth-order valence-corrected chi connectivity index (χ4v) is 5.20. The molecule has 0 saturated carbocycles. The lowest BCUT2D eigenvalue weighted by molar-refractivity contribution is 0.543. The maximum absolute atomic E-state index is 13.1. The fourth-order valence-electron chi connectivity index (χ4n) is 2.61. The first-order chi connectivity index (χ1) is 9.86. The molecule has 0 radical (unpaired) electrons. The van der Waals surface area contributed by atoms with Crippen LogP contribution in [0.1, 0.15) is 20.3 Å². The molecule has 2 aromatic rings. The molecule has 110 valence electrons. The summed E-state index contributed by atoms with van der Waals surface area (Å²) in [5.41, 5.74) is 1.63. The minimum absolute atomic E-state index is 0.445. The number of hydrogen-bond donors (Lipinski definition) is 0. The number of halogens is 1. The second kappa shape index (κ2) is 4.81. The zero-order valence-electron chi connectivity index (χ0n) is 11.7. The molecular weight excluding hydrogens is 352 g/mol. The minimum atomic E-state index is -3.68. The summed E-state index contributed by atoms with van der Waals surface area (Å²) in [5.74, 6) is 0. The monoisotopic (exact) mass is 366 g/mol. The molecule has 1 heterocycles. The summed E-state index contributed by atoms with van der Waals surface area (Å²) in [5, 5.41) is 4.92. The topological polar surface area (TPSA) is 52.0 Å². The Bertz CT molecular complexity index is 880. The lowest BCUT2D eigenvalue weighted by Crippen LogP contribution is -2.41. The second-order valence-electron chi connectivity index (χ2n) is 5.49. The molecule has 0 aliphatic heterocycles. The Morgan fingerprint density at radius 2 is 2.00 bits per heavy atom. The third kappa shape index (κ3) is 2.08. The van der Waals surface area contributed by atoms with Crippen LogP contribution >= 0.6 is 15.9 Å². The van der Waals surface area contributed by atoms with Gasteiger partial charge in [-0.3, -0.25) is 0 Å². The number of hydrogen-bond acceptors (Lipinski definition) is 3. The van der Waals surface area contributed by atoms with Crippen LogP contribution in [-0.4, -0.2) is 22.4 Å². The summed E-state index contributed by atoms with van der Waals surface area (Å²) in [6.07, 6.45) is 5.77. The lowest BCUT2D eigenvalue weighted by atomic mass is 9.96. The standard InChI is InChI=1S/C15H15BrN2O2S/c1-11-7-8-14(16)15(2,9-11)21(19,20)18-13-6-4-3-5-12(13)10-17-18/h3-8,10H,9H2,1-2H3. The summed E-state index contributed by atoms with van der Waals surface area (Å²) in [6.45, 7) is 3.67. The van der Waals surface area contributed by atoms with E-state index in [0.717, 1.165) is 15.0 Å². The molecule has 3 rings (SSSR count). The number of rotatable bonds is 2. The summed E-state index contributed by atoms with van der Waals surface area (Å²) in [6, 6.07) is 7.31. The van der Waals surface area contributed by atoms with Crippen LogP contribution in [-0.2, 0) is 10.0 Å². The smallest absolute Gasteiger partial charge is 0.204 e. The molecule has 1 unspecified atom stereocenters. The normalized spacial score (nSPS) is 23.0. The Hall–Kier alpha value is -1.40. The molecule has 4 nitrogen and oxygen atoms in total. The molecule has 21 heavy (non-hydrogen) atoms. The molecule has 0 spiro atoms. The third-order valence-corrected chi connectivity index (χ3v) is 7.53. The average molecular weight is 367 g/mol. The van der Waals surface area contributed by atoms with Crippen molar-refractivity contribution in [3.05, 3.63) is 52.7 Å². The summed E-state index contributed by atoms with van der Waals surface area (Å²) in [4.78, 5) is 0. The van der Waals surface area contributed by atoms with E-state index in [1.165, 1.54) is 0 Å². The van der Waals surface area contributed by atoms with Gasteiger partial charge >= 0.3 is 0 Å². The van der Waals surface area contributed by atoms with Crippen LogP contribution in [0.2, 0.25) is 0 Å². The largest absolute Gasteiger partial charge is 0.264 e. The van der Waals surface area contributed by atoms with Crippen LogP contribution in [0.3, 0.4) is 0 Å². The van der Waals surface area contributed by atoms with Crippen LogP contribution in [0.25, 0.3) is 10.9 Å². The highest BCUT2D eigenvalue weighted by Gasteiger charge is 2.45. The van der Waals surface area contributed by atoms with Crippen molar-refractivity contribution in [3.8, 4) is 0 Å². The number of aromatic nitrogens is 2. The van der Waals surface area contributed by atoms with Gasteiger partial charge in [-0.05, 0) is 26.3 Å². The van der Waals surface area contributed by atoms with E-state index in [2.05, 4.69) is 21.0 Å². The van der Waals surface area contributed by atoms with Crippen molar-refractivity contribution in [1.82, 2.24) is 9.19 Å². The van der Waals surface area contributed by atoms with E-state index in [4.69, 9.17) is 0 Å². The van der Waals surface area contributed by atoms with Crippen molar-refractivity contribution < 1.29 is 8.42 Å². The van der Waals surface area contributed by atoms with E-state index >= 15 is 0 Å². The van der Waals surface area contributed by atoms with Gasteiger partial charge in [0.05, 0.1) is 11.7 Å². The Labute approximate surface area is 132 Å². The van der Waals surface area contributed by atoms with Gasteiger partial charge < -0.3 is 0 Å². The number of allylic oxidation sites excluding steroid dienone is 3. The van der Waals surface area contributed by atoms with Crippen LogP contribution in [0, 0.1) is 0 Å². The maximum Gasteiger partial charge on any atom is 0.264 e. The molecule has 1 aliphatic carbocycles. The SMILES string of the molecule is CC1=CC=C(Br)C(C)(S(=O)(=O)n2ncc3ccccc32)C1. The molecule has 0 bridgehead atoms. The van der Waals surface area contributed by atoms with Crippen LogP contribution in [0.15, 0.2) is 52.7 Å². The Kier molecular flexibility index (Phi) is 3.33. The van der Waals surface area contributed by atoms with Crippen molar-refractivity contribution in [2.24, 2.45) is 0 Å². The van der Waals surface area contributed by atoms with Gasteiger partial charge in [-0.1, -0.05) is 51.9 Å². The van der Waals surface area contributed by atoms with E-state index in [1.54, 1.807) is 19.2 Å². The quantitative estimate of drug-likeness (QED) is 0.815. The number of para-hydroxylation sites is 1. The Morgan fingerprint density at radius 1 is 1.29 bits per heavy atom. The predicted molar refractivity (Wildman–Crippen MR) is 87.8 cm³/mol. The van der Waals surface area contributed by atoms with Crippen LogP contribution in [0.5, 0.6) is 0 Å². The van der Waals surface area contributed by atoms with Crippen molar-refractivity contribution in [2.75, 3.05) is 0 Å². The van der Waals surface area contributed by atoms with Crippen molar-refractivity contribution >= 4 is 36.9 Å². The average Bonchev–Trinajstić information content (AvgIpc) is 2.87. The van der Waals surface area contributed by atoms with E-state index in [1.807, 2.05) is 37.3 Å². The zero-order valence-corrected chi connectivity index (χ0v) is 14.1. The molecule has 1 atom stereocenters. The molecule has 6 heteroatoms. The van der Waals surface area contributed by atoms with Gasteiger partial charge in [-0.15, -0.1) is 0 Å². The molecule has 0 N–H and O–H groups in total. The highest BCUT2D eigenvalue weighted by atomic mass is 79.9. The van der Waals surface area contributed by atoms with Gasteiger partial charge in [0, 0.05) is 9.87 Å². The Balaban J connectivity index is 2.22. The van der Waals surface area contributed by atoms with Gasteiger partial charge in [0.15, 0.2) is 0 Å². The van der Waals surface area contributed by atoms with Gasteiger partial charge in [-0.25, -0.2) is 8.42 Å². The van der Waals surface area contributed by atoms with E-state index in [0.29, 0.717) is 16.4 Å². The van der Waals surface area contributed by atoms with E-state index < -0.39 is 14.8 Å². The van der Waals surface area contributed by atoms with Crippen LogP contribution < -0.4 is 0 Å². The van der Waals surface area contributed by atoms with Gasteiger partial charge in [-0.2, -0.15) is 9.19 Å². The molecular formula is C15H15BrN2O2S. The Morgan fingerprint density at radius 3 is 2.76 bits per heavy atom. The summed E-state index contributed by atoms with van der Waals surface area (Å²) < 4.78 is 27.0. The van der Waals surface area contributed by atoms with Crippen molar-refractivity contribution in [3.63, 3.8) is 0 Å². The number of fused-ring (bicyclic) bond motifs is 1. The fraction of sp³-hybridized carbons (Fsp3) is 0.267. The van der Waals surface area contributed by atoms with Crippen molar-refractivity contribution in [2.45, 2.75) is 25.0 Å². The van der Waals surface area contributed by atoms with Gasteiger partial charge in [0.1, 0.15) is 4.75 Å². The molecule has 0 amide bonds. The predicted octanol–water partition coefficient (Wildman–Crippen LogP) is 3.60. The highest BCUT2D eigenvalue weighted by Crippen LogP contribution is 2.40. The summed E-state index contributed by atoms with van der Waals surface area (Å²) >= 11 is 3.42. The first-order valence-electron chi connectivity index (χ1n) is 6.57. The second-order valence-corrected chi connectivity index (χ2v) is 8.54. The maximum atomic E-state index is 13.1. The molecule has 1 aromatic heterocycles. The molecule has 0 fully saturated rings. The third-order valence-electron chi connectivity index (χ3n) is 3.88. The van der Waals surface area contributed by atoms with Gasteiger partial charge in [0.2, 0.25) is 0 Å². The zero-order chi connectivity index (χ0) is 15.3. The van der Waals surface area contributed by atoms with E-state index in [-0.39, 0.29) is 0 Å². The minimum Gasteiger partial charge on any atom is -0.204 e. The first-order valence-corrected chi connectivity index (χ1v) is 8.81. The molecule has 1 aliphatic rings. The molecule has 1 aromatic carbocycles. The number of benzene rings is 1.